The van der Waals surface area contributed by atoms with E-state index in [4.69, 9.17) is 0 Å². The zero-order valence-electron chi connectivity index (χ0n) is 13.8. The lowest BCUT2D eigenvalue weighted by molar-refractivity contribution is -0.384. The van der Waals surface area contributed by atoms with Gasteiger partial charge >= 0.3 is 0 Å². The molecule has 126 valence electrons. The summed E-state index contributed by atoms with van der Waals surface area (Å²) >= 11 is 0. The standard InChI is InChI=1S/C16H25N5O2/c1-13-7-11-20(12-8-13)16(17-2)19-10-9-18-14-3-5-15(6-4-14)21(22)23/h3-6,13,18H,7-12H2,1-2H3,(H,17,19). The predicted molar refractivity (Wildman–Crippen MR) is 92.9 cm³/mol. The molecule has 1 aliphatic rings. The van der Waals surface area contributed by atoms with Crippen LogP contribution in [-0.4, -0.2) is 49.0 Å². The van der Waals surface area contributed by atoms with Gasteiger partial charge in [0.25, 0.3) is 5.69 Å². The first-order chi connectivity index (χ1) is 11.1. The van der Waals surface area contributed by atoms with Gasteiger partial charge in [-0.05, 0) is 30.9 Å². The molecular formula is C16H25N5O2. The largest absolute Gasteiger partial charge is 0.383 e. The zero-order chi connectivity index (χ0) is 16.7. The van der Waals surface area contributed by atoms with Crippen molar-refractivity contribution in [3.05, 3.63) is 34.4 Å². The predicted octanol–water partition coefficient (Wildman–Crippen LogP) is 2.31. The van der Waals surface area contributed by atoms with Crippen molar-refractivity contribution in [3.8, 4) is 0 Å². The fourth-order valence-corrected chi connectivity index (χ4v) is 2.63. The first-order valence-electron chi connectivity index (χ1n) is 8.04. The van der Waals surface area contributed by atoms with Crippen molar-refractivity contribution in [1.29, 1.82) is 0 Å². The third-order valence-electron chi connectivity index (χ3n) is 4.11. The molecule has 1 saturated heterocycles. The number of rotatable bonds is 5. The molecule has 0 bridgehead atoms. The smallest absolute Gasteiger partial charge is 0.269 e. The number of non-ortho nitro benzene ring substituents is 1. The summed E-state index contributed by atoms with van der Waals surface area (Å²) in [6, 6.07) is 6.45. The SMILES string of the molecule is CN=C(NCCNc1ccc([N+](=O)[O-])cc1)N1CCC(C)CC1. The summed E-state index contributed by atoms with van der Waals surface area (Å²) in [6.45, 7) is 5.87. The normalized spacial score (nSPS) is 16.3. The summed E-state index contributed by atoms with van der Waals surface area (Å²) in [7, 11) is 1.81. The Labute approximate surface area is 136 Å². The maximum absolute atomic E-state index is 10.6. The van der Waals surface area contributed by atoms with Gasteiger partial charge in [-0.1, -0.05) is 6.92 Å². The molecule has 2 rings (SSSR count). The number of hydrogen-bond donors (Lipinski definition) is 2. The van der Waals surface area contributed by atoms with Gasteiger partial charge in [-0.3, -0.25) is 15.1 Å². The monoisotopic (exact) mass is 319 g/mol. The first-order valence-corrected chi connectivity index (χ1v) is 8.04. The molecule has 0 aromatic heterocycles. The summed E-state index contributed by atoms with van der Waals surface area (Å²) in [6.07, 6.45) is 2.42. The number of nitrogens with one attached hydrogen (secondary N) is 2. The van der Waals surface area contributed by atoms with E-state index in [1.165, 1.54) is 25.0 Å². The molecule has 1 heterocycles. The second kappa shape index (κ2) is 8.36. The van der Waals surface area contributed by atoms with Crippen LogP contribution in [0.15, 0.2) is 29.3 Å². The molecule has 7 nitrogen and oxygen atoms in total. The first kappa shape index (κ1) is 17.1. The highest BCUT2D eigenvalue weighted by molar-refractivity contribution is 5.80. The minimum Gasteiger partial charge on any atom is -0.383 e. The van der Waals surface area contributed by atoms with Gasteiger partial charge in [-0.15, -0.1) is 0 Å². The maximum Gasteiger partial charge on any atom is 0.269 e. The molecule has 23 heavy (non-hydrogen) atoms. The van der Waals surface area contributed by atoms with E-state index in [2.05, 4.69) is 27.4 Å². The van der Waals surface area contributed by atoms with E-state index in [0.29, 0.717) is 0 Å². The van der Waals surface area contributed by atoms with Crippen molar-refractivity contribution in [2.24, 2.45) is 10.9 Å². The van der Waals surface area contributed by atoms with Crippen molar-refractivity contribution in [1.82, 2.24) is 10.2 Å². The quantitative estimate of drug-likeness (QED) is 0.286. The Morgan fingerprint density at radius 3 is 2.52 bits per heavy atom. The van der Waals surface area contributed by atoms with Crippen LogP contribution in [0.25, 0.3) is 0 Å². The van der Waals surface area contributed by atoms with Crippen molar-refractivity contribution in [2.75, 3.05) is 38.5 Å². The molecular weight excluding hydrogens is 294 g/mol. The second-order valence-corrected chi connectivity index (χ2v) is 5.87. The molecule has 1 fully saturated rings. The lowest BCUT2D eigenvalue weighted by atomic mass is 10.00. The number of likely N-dealkylation sites (tertiary alicyclic amines) is 1. The Hall–Kier alpha value is -2.31. The van der Waals surface area contributed by atoms with Crippen LogP contribution in [0.2, 0.25) is 0 Å². The summed E-state index contributed by atoms with van der Waals surface area (Å²) < 4.78 is 0. The molecule has 0 atom stereocenters. The van der Waals surface area contributed by atoms with Crippen LogP contribution in [0.5, 0.6) is 0 Å². The molecule has 7 heteroatoms. The van der Waals surface area contributed by atoms with E-state index in [-0.39, 0.29) is 5.69 Å². The number of nitro benzene ring substituents is 1. The van der Waals surface area contributed by atoms with Gasteiger partial charge in [0.15, 0.2) is 5.96 Å². The van der Waals surface area contributed by atoms with Gasteiger partial charge in [0.1, 0.15) is 0 Å². The number of anilines is 1. The highest BCUT2D eigenvalue weighted by atomic mass is 16.6. The Morgan fingerprint density at radius 1 is 1.30 bits per heavy atom. The third kappa shape index (κ3) is 5.12. The summed E-state index contributed by atoms with van der Waals surface area (Å²) in [5, 5.41) is 17.2. The van der Waals surface area contributed by atoms with Crippen LogP contribution in [0.1, 0.15) is 19.8 Å². The topological polar surface area (TPSA) is 82.8 Å². The minimum atomic E-state index is -0.394. The Bertz CT molecular complexity index is 536. The second-order valence-electron chi connectivity index (χ2n) is 5.87. The fraction of sp³-hybridized carbons (Fsp3) is 0.562. The Kier molecular flexibility index (Phi) is 6.19. The number of nitrogens with zero attached hydrogens (tertiary/aromatic N) is 3. The van der Waals surface area contributed by atoms with Gasteiger partial charge in [0.05, 0.1) is 4.92 Å². The van der Waals surface area contributed by atoms with Gasteiger partial charge in [-0.2, -0.15) is 0 Å². The van der Waals surface area contributed by atoms with E-state index in [9.17, 15) is 10.1 Å². The van der Waals surface area contributed by atoms with Crippen molar-refractivity contribution in [2.45, 2.75) is 19.8 Å². The van der Waals surface area contributed by atoms with Crippen LogP contribution < -0.4 is 10.6 Å². The molecule has 2 N–H and O–H groups in total. The van der Waals surface area contributed by atoms with Crippen LogP contribution >= 0.6 is 0 Å². The summed E-state index contributed by atoms with van der Waals surface area (Å²) in [4.78, 5) is 16.9. The maximum atomic E-state index is 10.6. The van der Waals surface area contributed by atoms with Crippen LogP contribution in [0.4, 0.5) is 11.4 Å². The molecule has 0 spiro atoms. The van der Waals surface area contributed by atoms with Crippen molar-refractivity contribution >= 4 is 17.3 Å². The molecule has 0 amide bonds. The van der Waals surface area contributed by atoms with Crippen LogP contribution in [0.3, 0.4) is 0 Å². The number of benzene rings is 1. The lowest BCUT2D eigenvalue weighted by Crippen LogP contribution is -2.46. The van der Waals surface area contributed by atoms with Crippen LogP contribution in [0, 0.1) is 16.0 Å². The van der Waals surface area contributed by atoms with E-state index in [1.54, 1.807) is 12.1 Å². The number of nitro groups is 1. The average Bonchev–Trinajstić information content (AvgIpc) is 2.56. The van der Waals surface area contributed by atoms with Gasteiger partial charge in [0.2, 0.25) is 0 Å². The average molecular weight is 319 g/mol. The summed E-state index contributed by atoms with van der Waals surface area (Å²) in [5.41, 5.74) is 0.979. The van der Waals surface area contributed by atoms with Crippen LogP contribution in [-0.2, 0) is 0 Å². The fourth-order valence-electron chi connectivity index (χ4n) is 2.63. The van der Waals surface area contributed by atoms with E-state index < -0.39 is 4.92 Å². The molecule has 0 radical (unpaired) electrons. The Morgan fingerprint density at radius 2 is 1.96 bits per heavy atom. The van der Waals surface area contributed by atoms with E-state index in [1.807, 2.05) is 7.05 Å². The molecule has 0 aliphatic carbocycles. The molecule has 0 unspecified atom stereocenters. The highest BCUT2D eigenvalue weighted by Gasteiger charge is 2.18. The lowest BCUT2D eigenvalue weighted by Gasteiger charge is -2.32. The minimum absolute atomic E-state index is 0.105. The van der Waals surface area contributed by atoms with Gasteiger partial charge in [-0.25, -0.2) is 0 Å². The number of piperidine rings is 1. The number of guanidine groups is 1. The number of aliphatic imine (C=N–C) groups is 1. The zero-order valence-corrected chi connectivity index (χ0v) is 13.8. The van der Waals surface area contributed by atoms with Gasteiger partial charge in [0, 0.05) is 51.0 Å². The van der Waals surface area contributed by atoms with E-state index >= 15 is 0 Å². The van der Waals surface area contributed by atoms with E-state index in [0.717, 1.165) is 43.7 Å². The molecule has 1 aromatic rings. The van der Waals surface area contributed by atoms with Gasteiger partial charge < -0.3 is 15.5 Å². The summed E-state index contributed by atoms with van der Waals surface area (Å²) in [5.74, 6) is 1.75. The Balaban J connectivity index is 1.72. The van der Waals surface area contributed by atoms with Crippen molar-refractivity contribution in [3.63, 3.8) is 0 Å². The molecule has 1 aliphatic heterocycles. The number of hydrogen-bond acceptors (Lipinski definition) is 4. The molecule has 1 aromatic carbocycles. The molecule has 0 saturated carbocycles. The third-order valence-corrected chi connectivity index (χ3v) is 4.11. The highest BCUT2D eigenvalue weighted by Crippen LogP contribution is 2.16. The van der Waals surface area contributed by atoms with Crippen molar-refractivity contribution < 1.29 is 4.92 Å².